The van der Waals surface area contributed by atoms with Gasteiger partial charge in [0, 0.05) is 27.2 Å². The van der Waals surface area contributed by atoms with Gasteiger partial charge >= 0.3 is 5.97 Å². The second-order valence-electron chi connectivity index (χ2n) is 6.76. The molecule has 0 bridgehead atoms. The van der Waals surface area contributed by atoms with E-state index < -0.39 is 5.41 Å². The number of aryl methyl sites for hydroxylation is 1. The fourth-order valence-electron chi connectivity index (χ4n) is 3.48. The topological polar surface area (TPSA) is 59.2 Å². The normalized spacial score (nSPS) is 15.0. The number of halogens is 1. The van der Waals surface area contributed by atoms with E-state index in [1.807, 2.05) is 43.3 Å². The molecule has 3 aromatic rings. The first-order chi connectivity index (χ1) is 12.5. The second kappa shape index (κ2) is 6.29. The van der Waals surface area contributed by atoms with Gasteiger partial charge in [0.2, 0.25) is 5.78 Å². The molecule has 132 valence electrons. The molecule has 1 aliphatic rings. The van der Waals surface area contributed by atoms with E-state index in [9.17, 15) is 9.59 Å². The highest BCUT2D eigenvalue weighted by Crippen LogP contribution is 2.49. The summed E-state index contributed by atoms with van der Waals surface area (Å²) in [6.07, 6.45) is 1.46. The smallest absolute Gasteiger partial charge is 0.317 e. The Hall–Kier alpha value is -2.59. The van der Waals surface area contributed by atoms with Crippen LogP contribution in [0.2, 0.25) is 5.02 Å². The van der Waals surface area contributed by atoms with Gasteiger partial charge in [-0.2, -0.15) is 0 Å². The molecule has 1 aliphatic carbocycles. The lowest BCUT2D eigenvalue weighted by atomic mass is 9.96. The Balaban J connectivity index is 1.50. The fraction of sp³-hybridized carbons (Fsp3) is 0.238. The van der Waals surface area contributed by atoms with E-state index in [0.717, 1.165) is 35.0 Å². The predicted octanol–water partition coefficient (Wildman–Crippen LogP) is 4.59. The molecule has 5 heteroatoms. The Labute approximate surface area is 156 Å². The Morgan fingerprint density at radius 1 is 1.12 bits per heavy atom. The van der Waals surface area contributed by atoms with Crippen molar-refractivity contribution < 1.29 is 14.3 Å². The van der Waals surface area contributed by atoms with Gasteiger partial charge in [0.25, 0.3) is 0 Å². The van der Waals surface area contributed by atoms with Crippen LogP contribution in [0.3, 0.4) is 0 Å². The van der Waals surface area contributed by atoms with Gasteiger partial charge < -0.3 is 9.72 Å². The second-order valence-corrected chi connectivity index (χ2v) is 7.20. The number of ketones is 1. The van der Waals surface area contributed by atoms with Crippen LogP contribution in [-0.4, -0.2) is 23.3 Å². The minimum absolute atomic E-state index is 0.194. The number of esters is 1. The largest absolute Gasteiger partial charge is 0.457 e. The van der Waals surface area contributed by atoms with E-state index in [2.05, 4.69) is 4.98 Å². The molecule has 0 unspecified atom stereocenters. The van der Waals surface area contributed by atoms with Crippen molar-refractivity contribution in [2.75, 3.05) is 6.61 Å². The minimum Gasteiger partial charge on any atom is -0.457 e. The van der Waals surface area contributed by atoms with Crippen molar-refractivity contribution in [1.29, 1.82) is 0 Å². The molecule has 2 aromatic carbocycles. The number of nitrogens with one attached hydrogen (secondary N) is 1. The summed E-state index contributed by atoms with van der Waals surface area (Å²) in [6.45, 7) is 1.60. The molecule has 1 aromatic heterocycles. The number of aromatic nitrogens is 1. The number of benzene rings is 2. The lowest BCUT2D eigenvalue weighted by Gasteiger charge is -2.14. The zero-order chi connectivity index (χ0) is 18.3. The van der Waals surface area contributed by atoms with E-state index in [1.54, 1.807) is 12.1 Å². The molecule has 0 saturated heterocycles. The molecule has 0 spiro atoms. The van der Waals surface area contributed by atoms with Crippen LogP contribution in [0.4, 0.5) is 0 Å². The molecule has 1 heterocycles. The summed E-state index contributed by atoms with van der Waals surface area (Å²) in [7, 11) is 0. The van der Waals surface area contributed by atoms with Crippen molar-refractivity contribution in [2.45, 2.75) is 25.2 Å². The summed E-state index contributed by atoms with van der Waals surface area (Å²) >= 11 is 5.92. The van der Waals surface area contributed by atoms with E-state index in [1.165, 1.54) is 0 Å². The van der Waals surface area contributed by atoms with Crippen molar-refractivity contribution in [2.24, 2.45) is 0 Å². The summed E-state index contributed by atoms with van der Waals surface area (Å²) in [5.74, 6) is -0.536. The van der Waals surface area contributed by atoms with Gasteiger partial charge in [0.15, 0.2) is 6.61 Å². The summed E-state index contributed by atoms with van der Waals surface area (Å²) in [5.41, 5.74) is 2.54. The van der Waals surface area contributed by atoms with Crippen LogP contribution in [0.5, 0.6) is 0 Å². The van der Waals surface area contributed by atoms with Crippen molar-refractivity contribution in [3.63, 3.8) is 0 Å². The van der Waals surface area contributed by atoms with Gasteiger partial charge in [-0.05, 0) is 43.5 Å². The maximum Gasteiger partial charge on any atom is 0.317 e. The lowest BCUT2D eigenvalue weighted by molar-refractivity contribution is -0.145. The van der Waals surface area contributed by atoms with Gasteiger partial charge in [-0.15, -0.1) is 0 Å². The maximum atomic E-state index is 12.7. The summed E-state index contributed by atoms with van der Waals surface area (Å²) in [4.78, 5) is 28.5. The molecule has 0 amide bonds. The third-order valence-corrected chi connectivity index (χ3v) is 5.30. The van der Waals surface area contributed by atoms with Crippen LogP contribution in [0.15, 0.2) is 48.5 Å². The Morgan fingerprint density at radius 3 is 2.50 bits per heavy atom. The number of rotatable bonds is 5. The number of ether oxygens (including phenoxy) is 1. The first-order valence-corrected chi connectivity index (χ1v) is 8.93. The zero-order valence-corrected chi connectivity index (χ0v) is 15.1. The van der Waals surface area contributed by atoms with E-state index in [0.29, 0.717) is 10.6 Å². The first kappa shape index (κ1) is 16.9. The highest BCUT2D eigenvalue weighted by Gasteiger charge is 2.52. The highest BCUT2D eigenvalue weighted by molar-refractivity contribution is 6.30. The van der Waals surface area contributed by atoms with Crippen LogP contribution in [0.25, 0.3) is 10.9 Å². The van der Waals surface area contributed by atoms with Gasteiger partial charge in [-0.1, -0.05) is 41.9 Å². The molecule has 4 rings (SSSR count). The summed E-state index contributed by atoms with van der Waals surface area (Å²) in [5, 5.41) is 1.48. The first-order valence-electron chi connectivity index (χ1n) is 8.55. The lowest BCUT2D eigenvalue weighted by Crippen LogP contribution is -2.26. The molecule has 1 N–H and O–H groups in total. The number of aromatic amines is 1. The summed E-state index contributed by atoms with van der Waals surface area (Å²) < 4.78 is 5.41. The van der Waals surface area contributed by atoms with Gasteiger partial charge in [0.05, 0.1) is 5.41 Å². The van der Waals surface area contributed by atoms with Crippen LogP contribution in [0.1, 0.15) is 34.5 Å². The molecule has 0 radical (unpaired) electrons. The van der Waals surface area contributed by atoms with Crippen molar-refractivity contribution in [1.82, 2.24) is 4.98 Å². The average Bonchev–Trinajstić information content (AvgIpc) is 3.37. The van der Waals surface area contributed by atoms with Crippen LogP contribution >= 0.6 is 11.6 Å². The Morgan fingerprint density at radius 2 is 1.81 bits per heavy atom. The van der Waals surface area contributed by atoms with Crippen LogP contribution < -0.4 is 0 Å². The number of fused-ring (bicyclic) bond motifs is 1. The fourth-order valence-corrected chi connectivity index (χ4v) is 3.61. The Bertz CT molecular complexity index is 1000. The molecule has 1 saturated carbocycles. The minimum atomic E-state index is -0.625. The third kappa shape index (κ3) is 2.80. The number of Topliss-reactive ketones (excluding diaryl/α,β-unsaturated/α-hetero) is 1. The average molecular weight is 368 g/mol. The SMILES string of the molecule is Cc1[nH]c2ccccc2c1C(=O)COC(=O)C1(c2ccc(Cl)cc2)CC1. The van der Waals surface area contributed by atoms with Crippen LogP contribution in [-0.2, 0) is 14.9 Å². The maximum absolute atomic E-state index is 12.7. The van der Waals surface area contributed by atoms with Crippen molar-refractivity contribution in [3.05, 3.63) is 70.4 Å². The zero-order valence-electron chi connectivity index (χ0n) is 14.3. The molecule has 1 fully saturated rings. The van der Waals surface area contributed by atoms with Crippen molar-refractivity contribution >= 4 is 34.3 Å². The van der Waals surface area contributed by atoms with Gasteiger partial charge in [0.1, 0.15) is 0 Å². The van der Waals surface area contributed by atoms with Crippen LogP contribution in [0, 0.1) is 6.92 Å². The number of hydrogen-bond donors (Lipinski definition) is 1. The number of carbonyl (C=O) groups is 2. The quantitative estimate of drug-likeness (QED) is 0.530. The van der Waals surface area contributed by atoms with E-state index >= 15 is 0 Å². The molecule has 26 heavy (non-hydrogen) atoms. The molecule has 4 nitrogen and oxygen atoms in total. The monoisotopic (exact) mass is 367 g/mol. The van der Waals surface area contributed by atoms with Crippen molar-refractivity contribution in [3.8, 4) is 0 Å². The number of hydrogen-bond acceptors (Lipinski definition) is 3. The molecular formula is C21H18ClNO3. The highest BCUT2D eigenvalue weighted by atomic mass is 35.5. The van der Waals surface area contributed by atoms with Gasteiger partial charge in [-0.25, -0.2) is 0 Å². The molecule has 0 atom stereocenters. The standard InChI is InChI=1S/C21H18ClNO3/c1-13-19(16-4-2-3-5-17(16)23-13)18(24)12-26-20(25)21(10-11-21)14-6-8-15(22)9-7-14/h2-9,23H,10-12H2,1H3. The summed E-state index contributed by atoms with van der Waals surface area (Å²) in [6, 6.07) is 14.8. The molecular weight excluding hydrogens is 350 g/mol. The van der Waals surface area contributed by atoms with Gasteiger partial charge in [-0.3, -0.25) is 9.59 Å². The van der Waals surface area contributed by atoms with E-state index in [4.69, 9.17) is 16.3 Å². The number of para-hydroxylation sites is 1. The Kier molecular flexibility index (Phi) is 4.08. The van der Waals surface area contributed by atoms with E-state index in [-0.39, 0.29) is 18.4 Å². The predicted molar refractivity (Wildman–Crippen MR) is 101 cm³/mol. The number of carbonyl (C=O) groups excluding carboxylic acids is 2. The molecule has 0 aliphatic heterocycles. The third-order valence-electron chi connectivity index (χ3n) is 5.04. The number of H-pyrrole nitrogens is 1.